The van der Waals surface area contributed by atoms with Crippen molar-refractivity contribution in [3.8, 4) is 0 Å². The number of aromatic amines is 1. The first-order valence-corrected chi connectivity index (χ1v) is 4.10. The first kappa shape index (κ1) is 9.73. The fourth-order valence-electron chi connectivity index (χ4n) is 0.972. The van der Waals surface area contributed by atoms with E-state index in [0.29, 0.717) is 0 Å². The smallest absolute Gasteiger partial charge is 0.241 e. The molecule has 1 rings (SSSR count). The van der Waals surface area contributed by atoms with E-state index in [1.165, 1.54) is 0 Å². The maximum absolute atomic E-state index is 11.2. The van der Waals surface area contributed by atoms with E-state index in [4.69, 9.17) is 5.73 Å². The molecule has 1 atom stereocenters. The standard InChI is InChI=1S/C8H14N4O/c1-4(9)8(13)10-7-5(2)11-12-6(7)3/h4H,9H2,1-3H3,(H,10,13)(H,11,12)/t4-/m1/s1. The molecule has 72 valence electrons. The molecule has 0 aliphatic rings. The van der Waals surface area contributed by atoms with Gasteiger partial charge in [-0.1, -0.05) is 0 Å². The predicted molar refractivity (Wildman–Crippen MR) is 50.3 cm³/mol. The summed E-state index contributed by atoms with van der Waals surface area (Å²) in [7, 11) is 0. The molecule has 4 N–H and O–H groups in total. The number of aromatic nitrogens is 2. The van der Waals surface area contributed by atoms with Crippen LogP contribution in [0, 0.1) is 13.8 Å². The van der Waals surface area contributed by atoms with Gasteiger partial charge < -0.3 is 11.1 Å². The van der Waals surface area contributed by atoms with E-state index < -0.39 is 6.04 Å². The SMILES string of the molecule is Cc1n[nH]c(C)c1NC(=O)[C@@H](C)N. The lowest BCUT2D eigenvalue weighted by Crippen LogP contribution is -2.32. The Balaban J connectivity index is 2.79. The lowest BCUT2D eigenvalue weighted by Gasteiger charge is -2.06. The van der Waals surface area contributed by atoms with Crippen LogP contribution < -0.4 is 11.1 Å². The molecule has 0 spiro atoms. The number of nitrogens with one attached hydrogen (secondary N) is 2. The molecule has 5 heteroatoms. The van der Waals surface area contributed by atoms with Gasteiger partial charge in [0.15, 0.2) is 0 Å². The number of carbonyl (C=O) groups excluding carboxylic acids is 1. The van der Waals surface area contributed by atoms with E-state index in [1.54, 1.807) is 6.92 Å². The highest BCUT2D eigenvalue weighted by atomic mass is 16.2. The Morgan fingerprint density at radius 3 is 2.62 bits per heavy atom. The summed E-state index contributed by atoms with van der Waals surface area (Å²) in [6, 6.07) is -0.506. The number of nitrogens with two attached hydrogens (primary N) is 1. The zero-order valence-electron chi connectivity index (χ0n) is 8.01. The summed E-state index contributed by atoms with van der Waals surface area (Å²) in [5, 5.41) is 9.42. The molecular formula is C8H14N4O. The second-order valence-corrected chi connectivity index (χ2v) is 3.09. The van der Waals surface area contributed by atoms with Crippen LogP contribution in [0.5, 0.6) is 0 Å². The Labute approximate surface area is 76.7 Å². The number of aryl methyl sites for hydroxylation is 2. The van der Waals surface area contributed by atoms with Gasteiger partial charge in [0.25, 0.3) is 0 Å². The van der Waals surface area contributed by atoms with Gasteiger partial charge in [0.1, 0.15) is 0 Å². The maximum atomic E-state index is 11.2. The number of H-pyrrole nitrogens is 1. The molecule has 0 saturated carbocycles. The molecule has 0 fully saturated rings. The lowest BCUT2D eigenvalue weighted by molar-refractivity contribution is -0.117. The second kappa shape index (κ2) is 3.57. The summed E-state index contributed by atoms with van der Waals surface area (Å²) >= 11 is 0. The largest absolute Gasteiger partial charge is 0.322 e. The van der Waals surface area contributed by atoms with E-state index in [1.807, 2.05) is 13.8 Å². The molecule has 0 aromatic carbocycles. The number of nitrogens with zero attached hydrogens (tertiary/aromatic N) is 1. The minimum absolute atomic E-state index is 0.201. The Kier molecular flexibility index (Phi) is 2.67. The number of amides is 1. The maximum Gasteiger partial charge on any atom is 0.241 e. The highest BCUT2D eigenvalue weighted by molar-refractivity contribution is 5.95. The van der Waals surface area contributed by atoms with Crippen LogP contribution in [0.2, 0.25) is 0 Å². The van der Waals surface area contributed by atoms with Crippen molar-refractivity contribution < 1.29 is 4.79 Å². The third-order valence-electron chi connectivity index (χ3n) is 1.79. The minimum atomic E-state index is -0.506. The van der Waals surface area contributed by atoms with E-state index in [2.05, 4.69) is 15.5 Å². The zero-order valence-corrected chi connectivity index (χ0v) is 8.01. The topological polar surface area (TPSA) is 83.8 Å². The summed E-state index contributed by atoms with van der Waals surface area (Å²) in [4.78, 5) is 11.2. The van der Waals surface area contributed by atoms with Crippen LogP contribution >= 0.6 is 0 Å². The van der Waals surface area contributed by atoms with Crippen LogP contribution in [-0.4, -0.2) is 22.1 Å². The molecule has 1 aromatic rings. The quantitative estimate of drug-likeness (QED) is 0.615. The van der Waals surface area contributed by atoms with Crippen LogP contribution in [0.3, 0.4) is 0 Å². The van der Waals surface area contributed by atoms with Crippen molar-refractivity contribution in [1.82, 2.24) is 10.2 Å². The van der Waals surface area contributed by atoms with E-state index >= 15 is 0 Å². The highest BCUT2D eigenvalue weighted by Gasteiger charge is 2.12. The number of anilines is 1. The van der Waals surface area contributed by atoms with E-state index in [0.717, 1.165) is 17.1 Å². The molecular weight excluding hydrogens is 168 g/mol. The Hall–Kier alpha value is -1.36. The molecule has 0 saturated heterocycles. The minimum Gasteiger partial charge on any atom is -0.322 e. The molecule has 0 bridgehead atoms. The fourth-order valence-corrected chi connectivity index (χ4v) is 0.972. The lowest BCUT2D eigenvalue weighted by atomic mass is 10.3. The summed E-state index contributed by atoms with van der Waals surface area (Å²) < 4.78 is 0. The Morgan fingerprint density at radius 2 is 2.23 bits per heavy atom. The molecule has 0 aliphatic carbocycles. The summed E-state index contributed by atoms with van der Waals surface area (Å²) in [5.41, 5.74) is 7.74. The monoisotopic (exact) mass is 182 g/mol. The van der Waals surface area contributed by atoms with Gasteiger partial charge in [0.2, 0.25) is 5.91 Å². The fraction of sp³-hybridized carbons (Fsp3) is 0.500. The molecule has 1 aromatic heterocycles. The van der Waals surface area contributed by atoms with Crippen LogP contribution in [0.1, 0.15) is 18.3 Å². The summed E-state index contributed by atoms with van der Waals surface area (Å²) in [6.07, 6.45) is 0. The molecule has 1 amide bonds. The molecule has 13 heavy (non-hydrogen) atoms. The summed E-state index contributed by atoms with van der Waals surface area (Å²) in [6.45, 7) is 5.30. The third-order valence-corrected chi connectivity index (χ3v) is 1.79. The zero-order chi connectivity index (χ0) is 10.0. The molecule has 5 nitrogen and oxygen atoms in total. The van der Waals surface area contributed by atoms with Gasteiger partial charge in [-0.15, -0.1) is 0 Å². The van der Waals surface area contributed by atoms with E-state index in [-0.39, 0.29) is 5.91 Å². The van der Waals surface area contributed by atoms with Crippen molar-refractivity contribution in [2.24, 2.45) is 5.73 Å². The van der Waals surface area contributed by atoms with Crippen molar-refractivity contribution in [2.45, 2.75) is 26.8 Å². The van der Waals surface area contributed by atoms with Crippen LogP contribution in [0.4, 0.5) is 5.69 Å². The van der Waals surface area contributed by atoms with Gasteiger partial charge in [-0.25, -0.2) is 0 Å². The second-order valence-electron chi connectivity index (χ2n) is 3.09. The normalized spacial score (nSPS) is 12.6. The average molecular weight is 182 g/mol. The third kappa shape index (κ3) is 2.06. The molecule has 0 radical (unpaired) electrons. The van der Waals surface area contributed by atoms with Gasteiger partial charge in [0, 0.05) is 0 Å². The van der Waals surface area contributed by atoms with Crippen molar-refractivity contribution in [2.75, 3.05) is 5.32 Å². The number of carbonyl (C=O) groups is 1. The van der Waals surface area contributed by atoms with Gasteiger partial charge >= 0.3 is 0 Å². The number of rotatable bonds is 2. The summed E-state index contributed by atoms with van der Waals surface area (Å²) in [5.74, 6) is -0.201. The number of hydrogen-bond acceptors (Lipinski definition) is 3. The van der Waals surface area contributed by atoms with Gasteiger partial charge in [0.05, 0.1) is 23.1 Å². The number of hydrogen-bond donors (Lipinski definition) is 3. The van der Waals surface area contributed by atoms with Crippen molar-refractivity contribution >= 4 is 11.6 Å². The first-order chi connectivity index (χ1) is 6.02. The van der Waals surface area contributed by atoms with Gasteiger partial charge in [-0.2, -0.15) is 5.10 Å². The van der Waals surface area contributed by atoms with Crippen LogP contribution in [-0.2, 0) is 4.79 Å². The highest BCUT2D eigenvalue weighted by Crippen LogP contribution is 2.15. The molecule has 1 heterocycles. The van der Waals surface area contributed by atoms with E-state index in [9.17, 15) is 4.79 Å². The molecule has 0 aliphatic heterocycles. The van der Waals surface area contributed by atoms with Crippen molar-refractivity contribution in [3.05, 3.63) is 11.4 Å². The average Bonchev–Trinajstić information content (AvgIpc) is 2.35. The first-order valence-electron chi connectivity index (χ1n) is 4.10. The molecule has 0 unspecified atom stereocenters. The van der Waals surface area contributed by atoms with Crippen molar-refractivity contribution in [3.63, 3.8) is 0 Å². The van der Waals surface area contributed by atoms with Gasteiger partial charge in [-0.3, -0.25) is 9.89 Å². The predicted octanol–water partition coefficient (Wildman–Crippen LogP) is 0.312. The Morgan fingerprint density at radius 1 is 1.62 bits per heavy atom. The van der Waals surface area contributed by atoms with Crippen LogP contribution in [0.25, 0.3) is 0 Å². The van der Waals surface area contributed by atoms with Gasteiger partial charge in [-0.05, 0) is 20.8 Å². The van der Waals surface area contributed by atoms with Crippen molar-refractivity contribution in [1.29, 1.82) is 0 Å². The Bertz CT molecular complexity index is 296. The van der Waals surface area contributed by atoms with Crippen LogP contribution in [0.15, 0.2) is 0 Å².